The summed E-state index contributed by atoms with van der Waals surface area (Å²) in [6.45, 7) is 7.61. The number of hydrogen-bond donors (Lipinski definition) is 1. The minimum atomic E-state index is -0.575. The van der Waals surface area contributed by atoms with Crippen molar-refractivity contribution < 1.29 is 19.1 Å². The van der Waals surface area contributed by atoms with E-state index in [1.54, 1.807) is 22.1 Å². The summed E-state index contributed by atoms with van der Waals surface area (Å²) >= 11 is 0. The molecule has 1 atom stereocenters. The minimum Gasteiger partial charge on any atom is -0.414 e. The van der Waals surface area contributed by atoms with Gasteiger partial charge in [-0.05, 0) is 51.2 Å². The number of carbonyl (C=O) groups is 3. The van der Waals surface area contributed by atoms with E-state index >= 15 is 0 Å². The molecule has 10 nitrogen and oxygen atoms in total. The van der Waals surface area contributed by atoms with E-state index in [-0.39, 0.29) is 12.0 Å². The third-order valence-corrected chi connectivity index (χ3v) is 6.83. The molecule has 0 radical (unpaired) electrons. The van der Waals surface area contributed by atoms with Gasteiger partial charge >= 0.3 is 6.09 Å². The molecule has 1 aliphatic carbocycles. The molecule has 1 aromatic rings. The number of anilines is 3. The second-order valence-electron chi connectivity index (χ2n) is 9.36. The maximum atomic E-state index is 12.5. The van der Waals surface area contributed by atoms with Crippen LogP contribution in [-0.4, -0.2) is 71.9 Å². The van der Waals surface area contributed by atoms with Gasteiger partial charge in [0.1, 0.15) is 17.7 Å². The van der Waals surface area contributed by atoms with Crippen molar-refractivity contribution in [3.63, 3.8) is 0 Å². The number of likely N-dealkylation sites (tertiary alicyclic amines) is 1. The van der Waals surface area contributed by atoms with Crippen LogP contribution in [0, 0.1) is 0 Å². The number of nitrogens with one attached hydrogen (secondary N) is 1. The van der Waals surface area contributed by atoms with Gasteiger partial charge in [0.05, 0.1) is 12.2 Å². The molecule has 10 heteroatoms. The van der Waals surface area contributed by atoms with Crippen molar-refractivity contribution in [2.45, 2.75) is 58.4 Å². The van der Waals surface area contributed by atoms with Crippen molar-refractivity contribution in [2.24, 2.45) is 0 Å². The van der Waals surface area contributed by atoms with Crippen LogP contribution in [0.25, 0.3) is 0 Å². The largest absolute Gasteiger partial charge is 0.414 e. The van der Waals surface area contributed by atoms with Crippen molar-refractivity contribution in [1.82, 2.24) is 14.9 Å². The molecule has 37 heavy (non-hydrogen) atoms. The number of hydrogen-bond acceptors (Lipinski definition) is 8. The zero-order chi connectivity index (χ0) is 26.2. The Morgan fingerprint density at radius 3 is 2.65 bits per heavy atom. The Morgan fingerprint density at radius 2 is 1.97 bits per heavy atom. The second kappa shape index (κ2) is 12.5. The number of rotatable bonds is 10. The van der Waals surface area contributed by atoms with E-state index in [1.165, 1.54) is 0 Å². The molecule has 0 spiro atoms. The zero-order valence-electron chi connectivity index (χ0n) is 21.7. The lowest BCUT2D eigenvalue weighted by molar-refractivity contribution is -0.117. The highest BCUT2D eigenvalue weighted by atomic mass is 16.6. The molecular formula is C27H36N6O4. The summed E-state index contributed by atoms with van der Waals surface area (Å²) in [5, 5.41) is 3.26. The van der Waals surface area contributed by atoms with Gasteiger partial charge in [0.25, 0.3) is 0 Å². The molecule has 198 valence electrons. The minimum absolute atomic E-state index is 0.0282. The highest BCUT2D eigenvalue weighted by Gasteiger charge is 2.27. The number of nitrogens with zero attached hydrogens (tertiary/aromatic N) is 5. The monoisotopic (exact) mass is 508 g/mol. The number of aldehydes is 1. The van der Waals surface area contributed by atoms with Crippen LogP contribution in [0.15, 0.2) is 41.8 Å². The van der Waals surface area contributed by atoms with Crippen molar-refractivity contribution in [2.75, 3.05) is 47.8 Å². The molecule has 1 N–H and O–H groups in total. The van der Waals surface area contributed by atoms with Gasteiger partial charge in [0.2, 0.25) is 11.9 Å². The Labute approximate surface area is 218 Å². The first kappa shape index (κ1) is 26.4. The fourth-order valence-corrected chi connectivity index (χ4v) is 4.73. The second-order valence-corrected chi connectivity index (χ2v) is 9.36. The van der Waals surface area contributed by atoms with Gasteiger partial charge in [0.15, 0.2) is 5.82 Å². The molecular weight excluding hydrogens is 472 g/mol. The molecule has 2 fully saturated rings. The van der Waals surface area contributed by atoms with Gasteiger partial charge in [-0.1, -0.05) is 18.2 Å². The normalized spacial score (nSPS) is 18.3. The van der Waals surface area contributed by atoms with Crippen LogP contribution in [0.5, 0.6) is 0 Å². The Kier molecular flexibility index (Phi) is 8.92. The van der Waals surface area contributed by atoms with Gasteiger partial charge in [-0.3, -0.25) is 4.79 Å². The highest BCUT2D eigenvalue weighted by molar-refractivity contribution is 5.98. The summed E-state index contributed by atoms with van der Waals surface area (Å²) in [6.07, 6.45) is 13.9. The van der Waals surface area contributed by atoms with Crippen LogP contribution in [0.3, 0.4) is 0 Å². The van der Waals surface area contributed by atoms with Crippen LogP contribution in [0.4, 0.5) is 22.2 Å². The van der Waals surface area contributed by atoms with Gasteiger partial charge in [-0.2, -0.15) is 4.98 Å². The standard InChI is InChI=1S/C27H36N6O4/c1-3-31(4-2)26-28-18-23(33-16-8-11-24(33)35)25(30-26)29-21(19-34)17-20-9-7-10-22(13-12-20)37-27(36)32-14-5-6-15-32/h7,9,12-13,18-19,21H,3-6,8,10-11,14-17H2,1-2H3,(H,28,29,30). The molecule has 2 saturated heterocycles. The molecule has 3 aliphatic rings. The fraction of sp³-hybridized carbons (Fsp3) is 0.519. The molecule has 0 bridgehead atoms. The van der Waals surface area contributed by atoms with Crippen molar-refractivity contribution in [1.29, 1.82) is 0 Å². The van der Waals surface area contributed by atoms with Gasteiger partial charge in [0, 0.05) is 45.6 Å². The van der Waals surface area contributed by atoms with Gasteiger partial charge < -0.3 is 29.5 Å². The van der Waals surface area contributed by atoms with E-state index in [1.807, 2.05) is 37.0 Å². The van der Waals surface area contributed by atoms with Crippen LogP contribution < -0.4 is 15.1 Å². The molecule has 0 aromatic carbocycles. The number of ether oxygens (including phenoxy) is 1. The smallest absolute Gasteiger partial charge is 0.414 e. The zero-order valence-corrected chi connectivity index (χ0v) is 21.7. The van der Waals surface area contributed by atoms with Crippen molar-refractivity contribution >= 4 is 35.7 Å². The summed E-state index contributed by atoms with van der Waals surface area (Å²) in [7, 11) is 0. The molecule has 4 rings (SSSR count). The summed E-state index contributed by atoms with van der Waals surface area (Å²) in [6, 6.07) is -0.575. The summed E-state index contributed by atoms with van der Waals surface area (Å²) in [4.78, 5) is 51.6. The Balaban J connectivity index is 1.50. The molecule has 0 saturated carbocycles. The summed E-state index contributed by atoms with van der Waals surface area (Å²) in [5.74, 6) is 1.63. The molecule has 2 amide bonds. The number of carbonyl (C=O) groups excluding carboxylic acids is 3. The molecule has 1 unspecified atom stereocenters. The highest BCUT2D eigenvalue weighted by Crippen LogP contribution is 2.30. The average molecular weight is 509 g/mol. The molecule has 3 heterocycles. The summed E-state index contributed by atoms with van der Waals surface area (Å²) in [5.41, 5.74) is 1.50. The maximum absolute atomic E-state index is 12.5. The Hall–Kier alpha value is -3.69. The summed E-state index contributed by atoms with van der Waals surface area (Å²) < 4.78 is 5.58. The van der Waals surface area contributed by atoms with Crippen LogP contribution in [0.2, 0.25) is 0 Å². The van der Waals surface area contributed by atoms with E-state index in [4.69, 9.17) is 9.72 Å². The lowest BCUT2D eigenvalue weighted by atomic mass is 10.1. The van der Waals surface area contributed by atoms with Crippen molar-refractivity contribution in [3.8, 4) is 0 Å². The lowest BCUT2D eigenvalue weighted by Crippen LogP contribution is -2.30. The topological polar surface area (TPSA) is 108 Å². The lowest BCUT2D eigenvalue weighted by Gasteiger charge is -2.25. The predicted octanol–water partition coefficient (Wildman–Crippen LogP) is 3.82. The van der Waals surface area contributed by atoms with E-state index in [0.29, 0.717) is 49.0 Å². The van der Waals surface area contributed by atoms with Crippen molar-refractivity contribution in [3.05, 3.63) is 41.8 Å². The third kappa shape index (κ3) is 6.55. The average Bonchev–Trinajstić information content (AvgIpc) is 3.54. The van der Waals surface area contributed by atoms with Gasteiger partial charge in [-0.25, -0.2) is 9.78 Å². The molecule has 1 aromatic heterocycles. The van der Waals surface area contributed by atoms with Crippen LogP contribution in [-0.2, 0) is 14.3 Å². The van der Waals surface area contributed by atoms with E-state index in [9.17, 15) is 14.4 Å². The number of amides is 2. The van der Waals surface area contributed by atoms with Crippen LogP contribution in [0.1, 0.15) is 52.4 Å². The van der Waals surface area contributed by atoms with Crippen LogP contribution >= 0.6 is 0 Å². The Morgan fingerprint density at radius 1 is 1.19 bits per heavy atom. The first-order valence-corrected chi connectivity index (χ1v) is 13.2. The van der Waals surface area contributed by atoms with E-state index < -0.39 is 6.04 Å². The van der Waals surface area contributed by atoms with E-state index in [2.05, 4.69) is 10.3 Å². The molecule has 2 aliphatic heterocycles. The SMILES string of the molecule is CCN(CC)c1ncc(N2CCCC2=O)c(NC(C=O)CC2=CC=C(OC(=O)N3CCCC3)CC=C2)n1. The first-order chi connectivity index (χ1) is 18.0. The predicted molar refractivity (Wildman–Crippen MR) is 142 cm³/mol. The Bertz CT molecular complexity index is 1090. The quantitative estimate of drug-likeness (QED) is 0.475. The third-order valence-electron chi connectivity index (χ3n) is 6.83. The number of allylic oxidation sites excluding steroid dienone is 4. The van der Waals surface area contributed by atoms with E-state index in [0.717, 1.165) is 57.3 Å². The van der Waals surface area contributed by atoms with Gasteiger partial charge in [-0.15, -0.1) is 0 Å². The maximum Gasteiger partial charge on any atom is 0.414 e. The number of aromatic nitrogens is 2. The fourth-order valence-electron chi connectivity index (χ4n) is 4.73. The first-order valence-electron chi connectivity index (χ1n) is 13.2.